The largest absolute Gasteiger partial charge is 0.462 e. The first kappa shape index (κ1) is 18.5. The molecule has 5 heteroatoms. The number of hydrogen-bond acceptors (Lipinski definition) is 4. The van der Waals surface area contributed by atoms with E-state index in [-0.39, 0.29) is 11.9 Å². The number of hydrogen-bond donors (Lipinski definition) is 1. The molecule has 0 atom stereocenters. The standard InChI is InChI=1S/C19H28N2O3/c1-3-13-24-19(23)15-9-11-16(12-10-15)20-18(22)14-21(2)17-7-5-4-6-8-17/h9-12,17H,3-8,13-14H2,1-2H3,(H,20,22). The Bertz CT molecular complexity index is 536. The van der Waals surface area contributed by atoms with Crippen LogP contribution in [0.15, 0.2) is 24.3 Å². The second kappa shape index (κ2) is 9.42. The fourth-order valence-corrected chi connectivity index (χ4v) is 3.05. The summed E-state index contributed by atoms with van der Waals surface area (Å²) in [7, 11) is 2.02. The molecule has 24 heavy (non-hydrogen) atoms. The molecule has 1 fully saturated rings. The van der Waals surface area contributed by atoms with E-state index in [2.05, 4.69) is 10.2 Å². The van der Waals surface area contributed by atoms with Crippen LogP contribution < -0.4 is 5.32 Å². The summed E-state index contributed by atoms with van der Waals surface area (Å²) in [5.74, 6) is -0.351. The topological polar surface area (TPSA) is 58.6 Å². The monoisotopic (exact) mass is 332 g/mol. The van der Waals surface area contributed by atoms with Crippen molar-refractivity contribution in [3.63, 3.8) is 0 Å². The number of nitrogens with zero attached hydrogens (tertiary/aromatic N) is 1. The van der Waals surface area contributed by atoms with Crippen molar-refractivity contribution in [3.8, 4) is 0 Å². The third-order valence-electron chi connectivity index (χ3n) is 4.43. The van der Waals surface area contributed by atoms with Gasteiger partial charge in [0.2, 0.25) is 5.91 Å². The second-order valence-corrected chi connectivity index (χ2v) is 6.47. The van der Waals surface area contributed by atoms with Crippen molar-refractivity contribution >= 4 is 17.6 Å². The Kier molecular flexibility index (Phi) is 7.25. The van der Waals surface area contributed by atoms with E-state index in [4.69, 9.17) is 4.74 Å². The molecule has 1 saturated carbocycles. The first-order valence-electron chi connectivity index (χ1n) is 8.87. The van der Waals surface area contributed by atoms with Crippen molar-refractivity contribution in [2.75, 3.05) is 25.5 Å². The highest BCUT2D eigenvalue weighted by molar-refractivity contribution is 5.94. The number of anilines is 1. The van der Waals surface area contributed by atoms with Crippen LogP contribution in [0, 0.1) is 0 Å². The van der Waals surface area contributed by atoms with Gasteiger partial charge in [0.25, 0.3) is 0 Å². The van der Waals surface area contributed by atoms with Crippen LogP contribution in [0.1, 0.15) is 55.8 Å². The molecular formula is C19H28N2O3. The first-order chi connectivity index (χ1) is 11.6. The number of nitrogens with one attached hydrogen (secondary N) is 1. The summed E-state index contributed by atoms with van der Waals surface area (Å²) >= 11 is 0. The van der Waals surface area contributed by atoms with Crippen LogP contribution in [0.25, 0.3) is 0 Å². The van der Waals surface area contributed by atoms with E-state index in [1.807, 2.05) is 14.0 Å². The van der Waals surface area contributed by atoms with Gasteiger partial charge in [-0.2, -0.15) is 0 Å². The van der Waals surface area contributed by atoms with Crippen molar-refractivity contribution in [2.24, 2.45) is 0 Å². The molecule has 1 amide bonds. The van der Waals surface area contributed by atoms with Crippen molar-refractivity contribution in [2.45, 2.75) is 51.5 Å². The predicted octanol–water partition coefficient (Wildman–Crippen LogP) is 3.46. The number of rotatable bonds is 7. The molecule has 0 aliphatic heterocycles. The number of esters is 1. The minimum Gasteiger partial charge on any atom is -0.462 e. The summed E-state index contributed by atoms with van der Waals surface area (Å²) in [6.45, 7) is 2.77. The van der Waals surface area contributed by atoms with Gasteiger partial charge in [0, 0.05) is 11.7 Å². The highest BCUT2D eigenvalue weighted by Crippen LogP contribution is 2.21. The van der Waals surface area contributed by atoms with Crippen LogP contribution >= 0.6 is 0 Å². The molecule has 0 heterocycles. The lowest BCUT2D eigenvalue weighted by Crippen LogP contribution is -2.39. The molecule has 0 unspecified atom stereocenters. The lowest BCUT2D eigenvalue weighted by atomic mass is 9.94. The van der Waals surface area contributed by atoms with Crippen LogP contribution in [-0.4, -0.2) is 43.0 Å². The number of likely N-dealkylation sites (N-methyl/N-ethyl adjacent to an activating group) is 1. The third-order valence-corrected chi connectivity index (χ3v) is 4.43. The Morgan fingerprint density at radius 2 is 1.83 bits per heavy atom. The van der Waals surface area contributed by atoms with Crippen molar-refractivity contribution in [1.82, 2.24) is 4.90 Å². The maximum absolute atomic E-state index is 12.2. The zero-order valence-corrected chi connectivity index (χ0v) is 14.7. The molecule has 5 nitrogen and oxygen atoms in total. The molecule has 0 radical (unpaired) electrons. The fourth-order valence-electron chi connectivity index (χ4n) is 3.05. The van der Waals surface area contributed by atoms with Gasteiger partial charge in [-0.3, -0.25) is 9.69 Å². The van der Waals surface area contributed by atoms with Gasteiger partial charge < -0.3 is 10.1 Å². The van der Waals surface area contributed by atoms with Gasteiger partial charge in [-0.15, -0.1) is 0 Å². The summed E-state index contributed by atoms with van der Waals surface area (Å²) in [5.41, 5.74) is 1.20. The van der Waals surface area contributed by atoms with E-state index in [1.165, 1.54) is 32.1 Å². The van der Waals surface area contributed by atoms with Crippen LogP contribution in [-0.2, 0) is 9.53 Å². The number of ether oxygens (including phenoxy) is 1. The van der Waals surface area contributed by atoms with Crippen LogP contribution in [0.2, 0.25) is 0 Å². The van der Waals surface area contributed by atoms with Gasteiger partial charge in [-0.1, -0.05) is 26.2 Å². The molecule has 0 bridgehead atoms. The zero-order valence-electron chi connectivity index (χ0n) is 14.7. The summed E-state index contributed by atoms with van der Waals surface area (Å²) in [4.78, 5) is 26.1. The molecule has 1 aliphatic rings. The summed E-state index contributed by atoms with van der Waals surface area (Å²) < 4.78 is 5.09. The van der Waals surface area contributed by atoms with Crippen molar-refractivity contribution in [3.05, 3.63) is 29.8 Å². The Morgan fingerprint density at radius 1 is 1.17 bits per heavy atom. The van der Waals surface area contributed by atoms with E-state index in [9.17, 15) is 9.59 Å². The molecule has 1 aromatic carbocycles. The molecule has 1 aliphatic carbocycles. The Labute approximate surface area is 144 Å². The third kappa shape index (κ3) is 5.64. The highest BCUT2D eigenvalue weighted by atomic mass is 16.5. The predicted molar refractivity (Wildman–Crippen MR) is 95.1 cm³/mol. The lowest BCUT2D eigenvalue weighted by Gasteiger charge is -2.30. The smallest absolute Gasteiger partial charge is 0.338 e. The number of carbonyl (C=O) groups is 2. The normalized spacial score (nSPS) is 15.3. The molecule has 0 aromatic heterocycles. The van der Waals surface area contributed by atoms with E-state index in [0.717, 1.165) is 6.42 Å². The summed E-state index contributed by atoms with van der Waals surface area (Å²) in [6.07, 6.45) is 6.98. The Balaban J connectivity index is 1.81. The lowest BCUT2D eigenvalue weighted by molar-refractivity contribution is -0.117. The quantitative estimate of drug-likeness (QED) is 0.777. The number of amides is 1. The molecule has 132 valence electrons. The highest BCUT2D eigenvalue weighted by Gasteiger charge is 2.19. The molecule has 1 aromatic rings. The Morgan fingerprint density at radius 3 is 2.46 bits per heavy atom. The van der Waals surface area contributed by atoms with E-state index in [0.29, 0.717) is 30.4 Å². The van der Waals surface area contributed by atoms with Crippen LogP contribution in [0.5, 0.6) is 0 Å². The number of benzene rings is 1. The van der Waals surface area contributed by atoms with Gasteiger partial charge in [0.1, 0.15) is 0 Å². The second-order valence-electron chi connectivity index (χ2n) is 6.47. The summed E-state index contributed by atoms with van der Waals surface area (Å²) in [5, 5.41) is 2.89. The van der Waals surface area contributed by atoms with Gasteiger partial charge in [-0.05, 0) is 50.6 Å². The van der Waals surface area contributed by atoms with E-state index >= 15 is 0 Å². The Hall–Kier alpha value is -1.88. The molecule has 1 N–H and O–H groups in total. The van der Waals surface area contributed by atoms with Crippen LogP contribution in [0.4, 0.5) is 5.69 Å². The maximum atomic E-state index is 12.2. The minimum absolute atomic E-state index is 0.0237. The van der Waals surface area contributed by atoms with Gasteiger partial charge in [0.15, 0.2) is 0 Å². The molecule has 0 spiro atoms. The van der Waals surface area contributed by atoms with Crippen molar-refractivity contribution < 1.29 is 14.3 Å². The average molecular weight is 332 g/mol. The van der Waals surface area contributed by atoms with E-state index < -0.39 is 0 Å². The average Bonchev–Trinajstić information content (AvgIpc) is 2.61. The zero-order chi connectivity index (χ0) is 17.4. The van der Waals surface area contributed by atoms with Gasteiger partial charge in [-0.25, -0.2) is 4.79 Å². The molecule has 2 rings (SSSR count). The van der Waals surface area contributed by atoms with E-state index in [1.54, 1.807) is 24.3 Å². The van der Waals surface area contributed by atoms with Gasteiger partial charge >= 0.3 is 5.97 Å². The van der Waals surface area contributed by atoms with Gasteiger partial charge in [0.05, 0.1) is 18.7 Å². The van der Waals surface area contributed by atoms with Crippen molar-refractivity contribution in [1.29, 1.82) is 0 Å². The van der Waals surface area contributed by atoms with Crippen LogP contribution in [0.3, 0.4) is 0 Å². The SMILES string of the molecule is CCCOC(=O)c1ccc(NC(=O)CN(C)C2CCCCC2)cc1. The molecule has 0 saturated heterocycles. The summed E-state index contributed by atoms with van der Waals surface area (Å²) in [6, 6.07) is 7.35. The minimum atomic E-state index is -0.327. The first-order valence-corrected chi connectivity index (χ1v) is 8.87. The molecular weight excluding hydrogens is 304 g/mol. The fraction of sp³-hybridized carbons (Fsp3) is 0.579. The maximum Gasteiger partial charge on any atom is 0.338 e. The number of carbonyl (C=O) groups excluding carboxylic acids is 2.